The van der Waals surface area contributed by atoms with E-state index in [1.807, 2.05) is 0 Å². The van der Waals surface area contributed by atoms with E-state index in [-0.39, 0.29) is 10.6 Å². The Morgan fingerprint density at radius 2 is 1.94 bits per heavy atom. The molecule has 1 amide bonds. The Morgan fingerprint density at radius 3 is 2.53 bits per heavy atom. The van der Waals surface area contributed by atoms with E-state index in [1.54, 1.807) is 12.1 Å². The third kappa shape index (κ3) is 1.44. The summed E-state index contributed by atoms with van der Waals surface area (Å²) in [7, 11) is -2.27. The van der Waals surface area contributed by atoms with Crippen LogP contribution in [0, 0.1) is 0 Å². The highest BCUT2D eigenvalue weighted by molar-refractivity contribution is 7.94. The number of fused-ring (bicyclic) bond motifs is 1. The Kier molecular flexibility index (Phi) is 2.43. The first-order chi connectivity index (χ1) is 7.82. The lowest BCUT2D eigenvalue weighted by atomic mass is 10.1. The van der Waals surface area contributed by atoms with Gasteiger partial charge >= 0.3 is 0 Å². The summed E-state index contributed by atoms with van der Waals surface area (Å²) in [6, 6.07) is 4.66. The summed E-state index contributed by atoms with van der Waals surface area (Å²) in [5.41, 5.74) is 0.222. The molecular formula is C11H13NO4S. The fourth-order valence-corrected chi connectivity index (χ4v) is 3.21. The number of nitrogens with one attached hydrogen (secondary N) is 1. The van der Waals surface area contributed by atoms with E-state index < -0.39 is 20.5 Å². The number of amides is 1. The number of carbonyl (C=O) groups is 1. The normalized spacial score (nSPS) is 20.3. The van der Waals surface area contributed by atoms with Crippen molar-refractivity contribution in [2.24, 2.45) is 0 Å². The van der Waals surface area contributed by atoms with E-state index in [1.165, 1.54) is 27.0 Å². The molecule has 0 saturated carbocycles. The van der Waals surface area contributed by atoms with Gasteiger partial charge in [0.1, 0.15) is 16.2 Å². The average molecular weight is 255 g/mol. The zero-order chi connectivity index (χ0) is 12.8. The molecule has 1 N–H and O–H groups in total. The second-order valence-electron chi connectivity index (χ2n) is 4.30. The van der Waals surface area contributed by atoms with Gasteiger partial charge in [-0.2, -0.15) is 0 Å². The van der Waals surface area contributed by atoms with Crippen LogP contribution in [0.1, 0.15) is 13.8 Å². The molecular weight excluding hydrogens is 242 g/mol. The van der Waals surface area contributed by atoms with Crippen molar-refractivity contribution in [2.45, 2.75) is 23.5 Å². The molecule has 0 radical (unpaired) electrons. The molecule has 2 rings (SSSR count). The van der Waals surface area contributed by atoms with Crippen LogP contribution >= 0.6 is 0 Å². The van der Waals surface area contributed by atoms with Gasteiger partial charge in [0.25, 0.3) is 0 Å². The van der Waals surface area contributed by atoms with Crippen LogP contribution in [0.5, 0.6) is 5.75 Å². The number of para-hydroxylation sites is 1. The molecule has 0 atom stereocenters. The lowest BCUT2D eigenvalue weighted by Gasteiger charge is -2.30. The molecule has 1 aromatic carbocycles. The lowest BCUT2D eigenvalue weighted by Crippen LogP contribution is -2.48. The van der Waals surface area contributed by atoms with Crippen LogP contribution in [0.25, 0.3) is 0 Å². The van der Waals surface area contributed by atoms with Gasteiger partial charge in [-0.05, 0) is 26.0 Å². The first kappa shape index (κ1) is 11.9. The van der Waals surface area contributed by atoms with Gasteiger partial charge in [0.2, 0.25) is 5.91 Å². The van der Waals surface area contributed by atoms with E-state index in [0.717, 1.165) is 0 Å². The van der Waals surface area contributed by atoms with Crippen LogP contribution in [0.3, 0.4) is 0 Å². The van der Waals surface area contributed by atoms with Gasteiger partial charge in [-0.3, -0.25) is 4.79 Å². The Labute approximate surface area is 99.7 Å². The Morgan fingerprint density at radius 1 is 1.29 bits per heavy atom. The monoisotopic (exact) mass is 255 g/mol. The second-order valence-corrected chi connectivity index (χ2v) is 6.77. The highest BCUT2D eigenvalue weighted by Crippen LogP contribution is 2.41. The largest absolute Gasteiger partial charge is 0.495 e. The van der Waals surface area contributed by atoms with Gasteiger partial charge in [-0.25, -0.2) is 8.42 Å². The van der Waals surface area contributed by atoms with Gasteiger partial charge in [-0.1, -0.05) is 6.07 Å². The van der Waals surface area contributed by atoms with Crippen molar-refractivity contribution in [3.8, 4) is 5.75 Å². The quantitative estimate of drug-likeness (QED) is 0.818. The number of hydrogen-bond acceptors (Lipinski definition) is 4. The smallest absolute Gasteiger partial charge is 0.245 e. The topological polar surface area (TPSA) is 72.5 Å². The van der Waals surface area contributed by atoms with Crippen molar-refractivity contribution in [3.63, 3.8) is 0 Å². The van der Waals surface area contributed by atoms with Gasteiger partial charge in [0, 0.05) is 0 Å². The van der Waals surface area contributed by atoms with E-state index in [4.69, 9.17) is 4.74 Å². The summed E-state index contributed by atoms with van der Waals surface area (Å²) in [6.07, 6.45) is 0. The van der Waals surface area contributed by atoms with E-state index in [9.17, 15) is 13.2 Å². The first-order valence-electron chi connectivity index (χ1n) is 5.05. The molecule has 92 valence electrons. The molecule has 0 unspecified atom stereocenters. The standard InChI is InChI=1S/C11H13NO4S/c1-11(2)10(13)12-9-7(16-3)5-4-6-8(9)17(11,14)15/h4-6H,1-3H3,(H,12,13). The molecule has 17 heavy (non-hydrogen) atoms. The summed E-state index contributed by atoms with van der Waals surface area (Å²) in [6.45, 7) is 2.78. The zero-order valence-electron chi connectivity index (χ0n) is 9.77. The van der Waals surface area contributed by atoms with Crippen LogP contribution in [0.4, 0.5) is 5.69 Å². The third-order valence-corrected chi connectivity index (χ3v) is 5.40. The molecule has 0 fully saturated rings. The number of hydrogen-bond donors (Lipinski definition) is 1. The first-order valence-corrected chi connectivity index (χ1v) is 6.54. The highest BCUT2D eigenvalue weighted by atomic mass is 32.2. The molecule has 0 spiro atoms. The molecule has 1 aliphatic heterocycles. The molecule has 1 aliphatic rings. The Hall–Kier alpha value is -1.56. The molecule has 6 heteroatoms. The third-order valence-electron chi connectivity index (χ3n) is 2.95. The van der Waals surface area contributed by atoms with Crippen molar-refractivity contribution in [1.82, 2.24) is 0 Å². The summed E-state index contributed by atoms with van der Waals surface area (Å²) < 4.78 is 28.2. The van der Waals surface area contributed by atoms with Crippen LogP contribution in [0.2, 0.25) is 0 Å². The van der Waals surface area contributed by atoms with Gasteiger partial charge in [-0.15, -0.1) is 0 Å². The lowest BCUT2D eigenvalue weighted by molar-refractivity contribution is -0.118. The van der Waals surface area contributed by atoms with E-state index in [2.05, 4.69) is 5.32 Å². The molecule has 0 aromatic heterocycles. The maximum Gasteiger partial charge on any atom is 0.245 e. The summed E-state index contributed by atoms with van der Waals surface area (Å²) in [4.78, 5) is 11.9. The molecule has 0 aliphatic carbocycles. The minimum atomic E-state index is -3.69. The number of carbonyl (C=O) groups excluding carboxylic acids is 1. The van der Waals surface area contributed by atoms with Crippen molar-refractivity contribution in [2.75, 3.05) is 12.4 Å². The van der Waals surface area contributed by atoms with E-state index in [0.29, 0.717) is 5.75 Å². The van der Waals surface area contributed by atoms with Gasteiger partial charge < -0.3 is 10.1 Å². The van der Waals surface area contributed by atoms with E-state index >= 15 is 0 Å². The van der Waals surface area contributed by atoms with Gasteiger partial charge in [0.15, 0.2) is 9.84 Å². The number of sulfone groups is 1. The minimum Gasteiger partial charge on any atom is -0.495 e. The Balaban J connectivity index is 2.79. The number of rotatable bonds is 1. The van der Waals surface area contributed by atoms with Crippen LogP contribution in [-0.2, 0) is 14.6 Å². The second kappa shape index (κ2) is 3.46. The highest BCUT2D eigenvalue weighted by Gasteiger charge is 2.48. The predicted octanol–water partition coefficient (Wildman–Crippen LogP) is 1.20. The van der Waals surface area contributed by atoms with Crippen LogP contribution < -0.4 is 10.1 Å². The summed E-state index contributed by atoms with van der Waals surface area (Å²) in [5, 5.41) is 2.58. The van der Waals surface area contributed by atoms with Crippen molar-refractivity contribution in [1.29, 1.82) is 0 Å². The minimum absolute atomic E-state index is 0.0986. The number of ether oxygens (including phenoxy) is 1. The van der Waals surface area contributed by atoms with Crippen molar-refractivity contribution in [3.05, 3.63) is 18.2 Å². The Bertz CT molecular complexity index is 589. The fourth-order valence-electron chi connectivity index (χ4n) is 1.69. The number of anilines is 1. The molecule has 0 saturated heterocycles. The van der Waals surface area contributed by atoms with Crippen molar-refractivity contribution < 1.29 is 17.9 Å². The van der Waals surface area contributed by atoms with Crippen molar-refractivity contribution >= 4 is 21.4 Å². The fraction of sp³-hybridized carbons (Fsp3) is 0.364. The predicted molar refractivity (Wildman–Crippen MR) is 62.9 cm³/mol. The molecule has 5 nitrogen and oxygen atoms in total. The summed E-state index contributed by atoms with van der Waals surface area (Å²) in [5.74, 6) is -0.204. The molecule has 1 heterocycles. The van der Waals surface area contributed by atoms with Gasteiger partial charge in [0.05, 0.1) is 12.0 Å². The van der Waals surface area contributed by atoms with Crippen LogP contribution in [0.15, 0.2) is 23.1 Å². The maximum absolute atomic E-state index is 12.3. The zero-order valence-corrected chi connectivity index (χ0v) is 10.6. The summed E-state index contributed by atoms with van der Waals surface area (Å²) >= 11 is 0. The SMILES string of the molecule is COc1cccc2c1NC(=O)C(C)(C)S2(=O)=O. The average Bonchev–Trinajstić information content (AvgIpc) is 2.27. The molecule has 0 bridgehead atoms. The number of benzene rings is 1. The van der Waals surface area contributed by atoms with Crippen LogP contribution in [-0.4, -0.2) is 26.2 Å². The molecule has 1 aromatic rings. The number of methoxy groups -OCH3 is 1. The maximum atomic E-state index is 12.3.